The van der Waals surface area contributed by atoms with E-state index >= 15 is 0 Å². The number of nitrogens with zero attached hydrogens (tertiary/aromatic N) is 2. The Morgan fingerprint density at radius 1 is 1.15 bits per heavy atom. The predicted octanol–water partition coefficient (Wildman–Crippen LogP) is 2.58. The molecule has 0 radical (unpaired) electrons. The summed E-state index contributed by atoms with van der Waals surface area (Å²) in [6, 6.07) is 4.95. The first-order valence-electron chi connectivity index (χ1n) is 8.35. The molecule has 1 aromatic carbocycles. The Morgan fingerprint density at radius 2 is 1.81 bits per heavy atom. The van der Waals surface area contributed by atoms with Gasteiger partial charge in [-0.15, -0.1) is 11.3 Å². The zero-order valence-corrected chi connectivity index (χ0v) is 15.6. The van der Waals surface area contributed by atoms with Gasteiger partial charge in [-0.2, -0.15) is 0 Å². The normalized spacial score (nSPS) is 13.5. The summed E-state index contributed by atoms with van der Waals surface area (Å²) in [4.78, 5) is 30.9. The van der Waals surface area contributed by atoms with Crippen LogP contribution in [0, 0.1) is 0 Å². The molecule has 7 nitrogen and oxygen atoms in total. The average Bonchev–Trinajstić information content (AvgIpc) is 3.33. The number of rotatable bonds is 6. The average molecular weight is 375 g/mol. The highest BCUT2D eigenvalue weighted by Crippen LogP contribution is 2.24. The fourth-order valence-electron chi connectivity index (χ4n) is 2.79. The Labute approximate surface area is 155 Å². The van der Waals surface area contributed by atoms with Gasteiger partial charge >= 0.3 is 0 Å². The molecule has 1 aliphatic heterocycles. The van der Waals surface area contributed by atoms with Crippen LogP contribution in [0.15, 0.2) is 23.6 Å². The maximum absolute atomic E-state index is 12.5. The summed E-state index contributed by atoms with van der Waals surface area (Å²) >= 11 is 1.30. The molecule has 2 heterocycles. The molecule has 1 saturated heterocycles. The molecule has 26 heavy (non-hydrogen) atoms. The topological polar surface area (TPSA) is 80.8 Å². The standard InChI is InChI=1S/C18H21N3O4S/c1-24-14-7-12(8-15(10-14)25-2)17(23)20-18-19-13(11-26-18)9-16(22)21-5-3-4-6-21/h7-8,10-11H,3-6,9H2,1-2H3,(H,19,20,23). The van der Waals surface area contributed by atoms with E-state index in [-0.39, 0.29) is 18.2 Å². The van der Waals surface area contributed by atoms with Crippen molar-refractivity contribution in [2.75, 3.05) is 32.6 Å². The summed E-state index contributed by atoms with van der Waals surface area (Å²) in [6.45, 7) is 1.65. The number of amides is 2. The molecule has 0 saturated carbocycles. The van der Waals surface area contributed by atoms with Crippen LogP contribution in [0.5, 0.6) is 11.5 Å². The number of anilines is 1. The van der Waals surface area contributed by atoms with Crippen molar-refractivity contribution in [2.24, 2.45) is 0 Å². The molecule has 1 aliphatic rings. The van der Waals surface area contributed by atoms with Gasteiger partial charge in [0.15, 0.2) is 5.13 Å². The number of hydrogen-bond acceptors (Lipinski definition) is 6. The SMILES string of the molecule is COc1cc(OC)cc(C(=O)Nc2nc(CC(=O)N3CCCC3)cs2)c1. The number of thiazole rings is 1. The molecule has 0 bridgehead atoms. The Hall–Kier alpha value is -2.61. The lowest BCUT2D eigenvalue weighted by molar-refractivity contribution is -0.129. The second-order valence-electron chi connectivity index (χ2n) is 5.96. The second kappa shape index (κ2) is 8.18. The van der Waals surface area contributed by atoms with Crippen molar-refractivity contribution >= 4 is 28.3 Å². The number of nitrogens with one attached hydrogen (secondary N) is 1. The lowest BCUT2D eigenvalue weighted by atomic mass is 10.2. The minimum atomic E-state index is -0.311. The molecule has 0 atom stereocenters. The van der Waals surface area contributed by atoms with Crippen LogP contribution >= 0.6 is 11.3 Å². The molecular weight excluding hydrogens is 354 g/mol. The Kier molecular flexibility index (Phi) is 5.72. The molecule has 2 aromatic rings. The Balaban J connectivity index is 1.65. The van der Waals surface area contributed by atoms with Gasteiger partial charge in [0, 0.05) is 30.1 Å². The number of hydrogen-bond donors (Lipinski definition) is 1. The molecule has 3 rings (SSSR count). The summed E-state index contributed by atoms with van der Waals surface area (Å²) < 4.78 is 10.4. The van der Waals surface area contributed by atoms with Crippen molar-refractivity contribution in [3.8, 4) is 11.5 Å². The molecule has 0 unspecified atom stereocenters. The van der Waals surface area contributed by atoms with Gasteiger partial charge in [0.2, 0.25) is 5.91 Å². The van der Waals surface area contributed by atoms with E-state index in [1.165, 1.54) is 25.6 Å². The summed E-state index contributed by atoms with van der Waals surface area (Å²) in [5, 5.41) is 5.02. The number of benzene rings is 1. The molecule has 0 aliphatic carbocycles. The first-order valence-corrected chi connectivity index (χ1v) is 9.23. The smallest absolute Gasteiger partial charge is 0.257 e. The third-order valence-corrected chi connectivity index (χ3v) is 4.98. The van der Waals surface area contributed by atoms with Crippen LogP contribution in [0.25, 0.3) is 0 Å². The van der Waals surface area contributed by atoms with Crippen LogP contribution < -0.4 is 14.8 Å². The van der Waals surface area contributed by atoms with Gasteiger partial charge < -0.3 is 14.4 Å². The summed E-state index contributed by atoms with van der Waals surface area (Å²) in [7, 11) is 3.06. The van der Waals surface area contributed by atoms with Crippen LogP contribution in [0.3, 0.4) is 0 Å². The highest BCUT2D eigenvalue weighted by Gasteiger charge is 2.19. The highest BCUT2D eigenvalue weighted by molar-refractivity contribution is 7.14. The third-order valence-electron chi connectivity index (χ3n) is 4.18. The van der Waals surface area contributed by atoms with Crippen LogP contribution in [0.4, 0.5) is 5.13 Å². The lowest BCUT2D eigenvalue weighted by Gasteiger charge is -2.13. The quantitative estimate of drug-likeness (QED) is 0.839. The Bertz CT molecular complexity index is 777. The fourth-order valence-corrected chi connectivity index (χ4v) is 3.49. The Morgan fingerprint density at radius 3 is 2.42 bits per heavy atom. The summed E-state index contributed by atoms with van der Waals surface area (Å²) in [5.41, 5.74) is 1.08. The highest BCUT2D eigenvalue weighted by atomic mass is 32.1. The number of ether oxygens (including phenoxy) is 2. The molecular formula is C18H21N3O4S. The number of methoxy groups -OCH3 is 2. The number of carbonyl (C=O) groups excluding carboxylic acids is 2. The van der Waals surface area contributed by atoms with Crippen molar-refractivity contribution in [3.05, 3.63) is 34.8 Å². The van der Waals surface area contributed by atoms with E-state index in [1.54, 1.807) is 23.6 Å². The molecule has 1 N–H and O–H groups in total. The van der Waals surface area contributed by atoms with Gasteiger partial charge in [-0.25, -0.2) is 4.98 Å². The third kappa shape index (κ3) is 4.32. The van der Waals surface area contributed by atoms with Crippen molar-refractivity contribution in [1.82, 2.24) is 9.88 Å². The van der Waals surface area contributed by atoms with Crippen molar-refractivity contribution in [1.29, 1.82) is 0 Å². The van der Waals surface area contributed by atoms with Gasteiger partial charge in [0.25, 0.3) is 5.91 Å². The molecule has 1 aromatic heterocycles. The van der Waals surface area contributed by atoms with Crippen LogP contribution in [0.2, 0.25) is 0 Å². The van der Waals surface area contributed by atoms with Gasteiger partial charge in [0.1, 0.15) is 11.5 Å². The van der Waals surface area contributed by atoms with E-state index in [2.05, 4.69) is 10.3 Å². The van der Waals surface area contributed by atoms with Gasteiger partial charge in [-0.1, -0.05) is 0 Å². The maximum atomic E-state index is 12.5. The van der Waals surface area contributed by atoms with E-state index in [1.807, 2.05) is 4.90 Å². The first kappa shape index (κ1) is 18.2. The minimum absolute atomic E-state index is 0.0863. The van der Waals surface area contributed by atoms with Gasteiger partial charge in [-0.3, -0.25) is 14.9 Å². The van der Waals surface area contributed by atoms with Crippen molar-refractivity contribution in [2.45, 2.75) is 19.3 Å². The number of carbonyl (C=O) groups is 2. The van der Waals surface area contributed by atoms with Crippen LogP contribution in [-0.2, 0) is 11.2 Å². The second-order valence-corrected chi connectivity index (χ2v) is 6.82. The molecule has 0 spiro atoms. The number of likely N-dealkylation sites (tertiary alicyclic amines) is 1. The summed E-state index contributed by atoms with van der Waals surface area (Å²) in [5.74, 6) is 0.841. The van der Waals surface area contributed by atoms with Gasteiger partial charge in [0.05, 0.1) is 26.3 Å². The van der Waals surface area contributed by atoms with Crippen LogP contribution in [-0.4, -0.2) is 49.0 Å². The van der Waals surface area contributed by atoms with Crippen molar-refractivity contribution < 1.29 is 19.1 Å². The van der Waals surface area contributed by atoms with E-state index in [4.69, 9.17) is 9.47 Å². The monoisotopic (exact) mass is 375 g/mol. The first-order chi connectivity index (χ1) is 12.6. The van der Waals surface area contributed by atoms with E-state index in [0.29, 0.717) is 27.9 Å². The summed E-state index contributed by atoms with van der Waals surface area (Å²) in [6.07, 6.45) is 2.39. The fraction of sp³-hybridized carbons (Fsp3) is 0.389. The zero-order valence-electron chi connectivity index (χ0n) is 14.8. The molecule has 138 valence electrons. The molecule has 1 fully saturated rings. The molecule has 8 heteroatoms. The molecule has 2 amide bonds. The largest absolute Gasteiger partial charge is 0.497 e. The number of aromatic nitrogens is 1. The van der Waals surface area contributed by atoms with E-state index < -0.39 is 0 Å². The minimum Gasteiger partial charge on any atom is -0.497 e. The van der Waals surface area contributed by atoms with Crippen molar-refractivity contribution in [3.63, 3.8) is 0 Å². The lowest BCUT2D eigenvalue weighted by Crippen LogP contribution is -2.29. The zero-order chi connectivity index (χ0) is 18.5. The maximum Gasteiger partial charge on any atom is 0.257 e. The van der Waals surface area contributed by atoms with E-state index in [0.717, 1.165) is 25.9 Å². The van der Waals surface area contributed by atoms with Crippen LogP contribution in [0.1, 0.15) is 28.9 Å². The predicted molar refractivity (Wildman–Crippen MR) is 99.1 cm³/mol. The van der Waals surface area contributed by atoms with E-state index in [9.17, 15) is 9.59 Å². The van der Waals surface area contributed by atoms with Gasteiger partial charge in [-0.05, 0) is 25.0 Å².